The van der Waals surface area contributed by atoms with Crippen molar-refractivity contribution in [1.82, 2.24) is 5.01 Å². The van der Waals surface area contributed by atoms with Crippen molar-refractivity contribution < 1.29 is 14.2 Å². The summed E-state index contributed by atoms with van der Waals surface area (Å²) < 4.78 is 15.7. The van der Waals surface area contributed by atoms with Crippen LogP contribution in [0.1, 0.15) is 5.56 Å². The molecule has 94 valence electrons. The smallest absolute Gasteiger partial charge is 0.203 e. The monoisotopic (exact) mass is 238 g/mol. The molecule has 17 heavy (non-hydrogen) atoms. The van der Waals surface area contributed by atoms with E-state index in [1.54, 1.807) is 32.6 Å². The molecule has 0 aliphatic rings. The Bertz CT molecular complexity index is 378. The van der Waals surface area contributed by atoms with E-state index in [2.05, 4.69) is 5.10 Å². The third-order valence-corrected chi connectivity index (χ3v) is 2.12. The molecule has 5 heteroatoms. The summed E-state index contributed by atoms with van der Waals surface area (Å²) in [5.74, 6) is 1.82. The fourth-order valence-corrected chi connectivity index (χ4v) is 1.36. The highest BCUT2D eigenvalue weighted by molar-refractivity contribution is 5.82. The Labute approximate surface area is 102 Å². The van der Waals surface area contributed by atoms with Crippen molar-refractivity contribution >= 4 is 6.21 Å². The van der Waals surface area contributed by atoms with Gasteiger partial charge in [-0.1, -0.05) is 0 Å². The topological polar surface area (TPSA) is 43.3 Å². The van der Waals surface area contributed by atoms with Crippen LogP contribution in [0.3, 0.4) is 0 Å². The fourth-order valence-electron chi connectivity index (χ4n) is 1.36. The van der Waals surface area contributed by atoms with Gasteiger partial charge in [0.15, 0.2) is 11.5 Å². The van der Waals surface area contributed by atoms with Crippen molar-refractivity contribution in [3.63, 3.8) is 0 Å². The minimum atomic E-state index is 0.581. The summed E-state index contributed by atoms with van der Waals surface area (Å²) in [6, 6.07) is 3.68. The number of hydrogen-bond acceptors (Lipinski definition) is 5. The van der Waals surface area contributed by atoms with Gasteiger partial charge in [-0.2, -0.15) is 5.10 Å². The zero-order valence-corrected chi connectivity index (χ0v) is 10.9. The second-order valence-corrected chi connectivity index (χ2v) is 3.55. The van der Waals surface area contributed by atoms with Crippen molar-refractivity contribution in [3.05, 3.63) is 17.7 Å². The molecule has 0 N–H and O–H groups in total. The molecule has 1 aromatic carbocycles. The second-order valence-electron chi connectivity index (χ2n) is 3.55. The lowest BCUT2D eigenvalue weighted by Crippen LogP contribution is -2.02. The van der Waals surface area contributed by atoms with Gasteiger partial charge in [0.1, 0.15) is 0 Å². The van der Waals surface area contributed by atoms with E-state index in [0.717, 1.165) is 5.56 Å². The van der Waals surface area contributed by atoms with E-state index in [-0.39, 0.29) is 0 Å². The van der Waals surface area contributed by atoms with Gasteiger partial charge in [0.25, 0.3) is 0 Å². The molecule has 0 spiro atoms. The lowest BCUT2D eigenvalue weighted by atomic mass is 10.2. The summed E-state index contributed by atoms with van der Waals surface area (Å²) in [5, 5.41) is 5.87. The van der Waals surface area contributed by atoms with Gasteiger partial charge in [-0.25, -0.2) is 0 Å². The largest absolute Gasteiger partial charge is 0.493 e. The molecule has 0 heterocycles. The number of hydrazone groups is 1. The number of hydrogen-bond donors (Lipinski definition) is 0. The molecular weight excluding hydrogens is 220 g/mol. The molecule has 0 radical (unpaired) electrons. The van der Waals surface area contributed by atoms with Crippen LogP contribution in [0.25, 0.3) is 0 Å². The minimum absolute atomic E-state index is 0.581. The van der Waals surface area contributed by atoms with Crippen LogP contribution in [0.2, 0.25) is 0 Å². The third kappa shape index (κ3) is 3.27. The van der Waals surface area contributed by atoms with Gasteiger partial charge in [0.05, 0.1) is 27.5 Å². The maximum Gasteiger partial charge on any atom is 0.203 e. The van der Waals surface area contributed by atoms with Gasteiger partial charge in [-0.3, -0.25) is 0 Å². The normalized spacial score (nSPS) is 10.4. The third-order valence-electron chi connectivity index (χ3n) is 2.12. The van der Waals surface area contributed by atoms with Gasteiger partial charge in [-0.05, 0) is 12.1 Å². The Kier molecular flexibility index (Phi) is 4.63. The van der Waals surface area contributed by atoms with Gasteiger partial charge in [0, 0.05) is 19.7 Å². The molecule has 0 fully saturated rings. The van der Waals surface area contributed by atoms with Gasteiger partial charge < -0.3 is 19.2 Å². The van der Waals surface area contributed by atoms with Gasteiger partial charge in [-0.15, -0.1) is 0 Å². The van der Waals surface area contributed by atoms with Crippen LogP contribution in [0, 0.1) is 0 Å². The van der Waals surface area contributed by atoms with Crippen molar-refractivity contribution in [2.45, 2.75) is 0 Å². The van der Waals surface area contributed by atoms with Crippen molar-refractivity contribution in [2.24, 2.45) is 5.10 Å². The van der Waals surface area contributed by atoms with Crippen LogP contribution in [0.15, 0.2) is 17.2 Å². The summed E-state index contributed by atoms with van der Waals surface area (Å²) in [6.45, 7) is 0. The predicted molar refractivity (Wildman–Crippen MR) is 67.4 cm³/mol. The Balaban J connectivity index is 3.17. The molecule has 0 aromatic heterocycles. The fraction of sp³-hybridized carbons (Fsp3) is 0.417. The quantitative estimate of drug-likeness (QED) is 0.577. The first kappa shape index (κ1) is 13.2. The van der Waals surface area contributed by atoms with E-state index in [9.17, 15) is 0 Å². The lowest BCUT2D eigenvalue weighted by molar-refractivity contribution is 0.324. The molecule has 0 bridgehead atoms. The van der Waals surface area contributed by atoms with E-state index >= 15 is 0 Å². The summed E-state index contributed by atoms with van der Waals surface area (Å²) in [4.78, 5) is 0. The van der Waals surface area contributed by atoms with Crippen LogP contribution in [0.5, 0.6) is 17.2 Å². The number of benzene rings is 1. The maximum absolute atomic E-state index is 5.25. The van der Waals surface area contributed by atoms with E-state index < -0.39 is 0 Å². The summed E-state index contributed by atoms with van der Waals surface area (Å²) in [6.07, 6.45) is 1.73. The molecule has 1 aromatic rings. The molecule has 0 aliphatic carbocycles. The molecule has 0 saturated heterocycles. The molecule has 0 saturated carbocycles. The van der Waals surface area contributed by atoms with Crippen molar-refractivity contribution in [1.29, 1.82) is 0 Å². The number of ether oxygens (including phenoxy) is 3. The highest BCUT2D eigenvalue weighted by Crippen LogP contribution is 2.37. The molecule has 5 nitrogen and oxygen atoms in total. The van der Waals surface area contributed by atoms with E-state index in [1.807, 2.05) is 26.2 Å². The molecule has 0 atom stereocenters. The summed E-state index contributed by atoms with van der Waals surface area (Å²) in [7, 11) is 8.46. The standard InChI is InChI=1S/C12H18N2O3/c1-14(2)13-8-9-6-10(15-3)12(17-5)11(7-9)16-4/h6-8H,1-5H3/b13-8+. The highest BCUT2D eigenvalue weighted by Gasteiger charge is 2.12. The Morgan fingerprint density at radius 3 is 1.88 bits per heavy atom. The molecule has 0 aliphatic heterocycles. The number of rotatable bonds is 5. The Morgan fingerprint density at radius 1 is 1.00 bits per heavy atom. The molecule has 1 rings (SSSR count). The average molecular weight is 238 g/mol. The Morgan fingerprint density at radius 2 is 1.53 bits per heavy atom. The zero-order chi connectivity index (χ0) is 12.8. The second kappa shape index (κ2) is 5.98. The van der Waals surface area contributed by atoms with Crippen molar-refractivity contribution in [3.8, 4) is 17.2 Å². The van der Waals surface area contributed by atoms with Crippen LogP contribution in [0.4, 0.5) is 0 Å². The molecule has 0 unspecified atom stereocenters. The summed E-state index contributed by atoms with van der Waals surface area (Å²) in [5.41, 5.74) is 0.883. The highest BCUT2D eigenvalue weighted by atomic mass is 16.5. The van der Waals surface area contributed by atoms with Crippen LogP contribution >= 0.6 is 0 Å². The lowest BCUT2D eigenvalue weighted by Gasteiger charge is -2.12. The number of methoxy groups -OCH3 is 3. The molecule has 0 amide bonds. The first-order valence-electron chi connectivity index (χ1n) is 5.13. The number of nitrogens with zero attached hydrogens (tertiary/aromatic N) is 2. The first-order valence-corrected chi connectivity index (χ1v) is 5.13. The van der Waals surface area contributed by atoms with Gasteiger partial charge >= 0.3 is 0 Å². The SMILES string of the molecule is COc1cc(/C=N/N(C)C)cc(OC)c1OC. The van der Waals surface area contributed by atoms with Crippen LogP contribution < -0.4 is 14.2 Å². The minimum Gasteiger partial charge on any atom is -0.493 e. The van der Waals surface area contributed by atoms with E-state index in [4.69, 9.17) is 14.2 Å². The van der Waals surface area contributed by atoms with Crippen LogP contribution in [-0.2, 0) is 0 Å². The van der Waals surface area contributed by atoms with E-state index in [1.165, 1.54) is 0 Å². The van der Waals surface area contributed by atoms with Gasteiger partial charge in [0.2, 0.25) is 5.75 Å². The molecular formula is C12H18N2O3. The van der Waals surface area contributed by atoms with Crippen molar-refractivity contribution in [2.75, 3.05) is 35.4 Å². The maximum atomic E-state index is 5.25. The zero-order valence-electron chi connectivity index (χ0n) is 10.9. The van der Waals surface area contributed by atoms with E-state index in [0.29, 0.717) is 17.2 Å². The average Bonchev–Trinajstić information content (AvgIpc) is 2.34. The van der Waals surface area contributed by atoms with Crippen LogP contribution in [-0.4, -0.2) is 46.6 Å². The predicted octanol–water partition coefficient (Wildman–Crippen LogP) is 1.61. The first-order chi connectivity index (χ1) is 8.12. The summed E-state index contributed by atoms with van der Waals surface area (Å²) >= 11 is 0. The Hall–Kier alpha value is -1.91.